The van der Waals surface area contributed by atoms with Gasteiger partial charge in [-0.1, -0.05) is 6.92 Å². The van der Waals surface area contributed by atoms with Crippen LogP contribution < -0.4 is 5.32 Å². The van der Waals surface area contributed by atoms with Crippen LogP contribution in [0.3, 0.4) is 0 Å². The molecule has 0 aliphatic heterocycles. The minimum absolute atomic E-state index is 0.0487. The predicted molar refractivity (Wildman–Crippen MR) is 59.8 cm³/mol. The van der Waals surface area contributed by atoms with E-state index in [1.54, 1.807) is 10.9 Å². The van der Waals surface area contributed by atoms with E-state index in [1.165, 1.54) is 0 Å². The summed E-state index contributed by atoms with van der Waals surface area (Å²) >= 11 is 0. The van der Waals surface area contributed by atoms with Crippen LogP contribution in [0.4, 0.5) is 0 Å². The van der Waals surface area contributed by atoms with Gasteiger partial charge in [0.25, 0.3) is 5.91 Å². The van der Waals surface area contributed by atoms with Crippen LogP contribution in [-0.2, 0) is 7.05 Å². The van der Waals surface area contributed by atoms with Crippen LogP contribution in [0.5, 0.6) is 0 Å². The van der Waals surface area contributed by atoms with Crippen LogP contribution in [0.2, 0.25) is 0 Å². The van der Waals surface area contributed by atoms with Crippen molar-refractivity contribution in [3.8, 4) is 0 Å². The number of nitrogens with zero attached hydrogens (tertiary/aromatic N) is 2. The largest absolute Gasteiger partial charge is 0.347 e. The van der Waals surface area contributed by atoms with E-state index in [1.807, 2.05) is 27.8 Å². The van der Waals surface area contributed by atoms with Gasteiger partial charge in [-0.2, -0.15) is 5.10 Å². The van der Waals surface area contributed by atoms with Gasteiger partial charge >= 0.3 is 0 Å². The summed E-state index contributed by atoms with van der Waals surface area (Å²) in [5.74, 6) is -0.0487. The first-order chi connectivity index (χ1) is 6.87. The van der Waals surface area contributed by atoms with E-state index in [4.69, 9.17) is 0 Å². The Kier molecular flexibility index (Phi) is 3.17. The zero-order chi connectivity index (χ0) is 11.6. The van der Waals surface area contributed by atoms with E-state index >= 15 is 0 Å². The van der Waals surface area contributed by atoms with Gasteiger partial charge in [-0.15, -0.1) is 0 Å². The van der Waals surface area contributed by atoms with E-state index in [2.05, 4.69) is 17.3 Å². The highest BCUT2D eigenvalue weighted by atomic mass is 16.1. The Balaban J connectivity index is 2.83. The first kappa shape index (κ1) is 11.8. The number of aromatic nitrogens is 2. The Morgan fingerprint density at radius 3 is 2.60 bits per heavy atom. The summed E-state index contributed by atoms with van der Waals surface area (Å²) in [6, 6.07) is 0. The normalized spacial score (nSPS) is 11.5. The van der Waals surface area contributed by atoms with Gasteiger partial charge in [-0.3, -0.25) is 9.48 Å². The molecule has 4 heteroatoms. The van der Waals surface area contributed by atoms with Crippen LogP contribution in [0, 0.1) is 6.92 Å². The Hall–Kier alpha value is -1.32. The molecule has 0 radical (unpaired) electrons. The van der Waals surface area contributed by atoms with Gasteiger partial charge in [0, 0.05) is 18.3 Å². The van der Waals surface area contributed by atoms with Gasteiger partial charge in [-0.25, -0.2) is 0 Å². The van der Waals surface area contributed by atoms with Crippen molar-refractivity contribution < 1.29 is 4.79 Å². The summed E-state index contributed by atoms with van der Waals surface area (Å²) in [4.78, 5) is 11.9. The third-order valence-electron chi connectivity index (χ3n) is 2.82. The molecule has 1 heterocycles. The first-order valence-electron chi connectivity index (χ1n) is 5.18. The maximum absolute atomic E-state index is 11.9. The highest BCUT2D eigenvalue weighted by Crippen LogP contribution is 2.11. The lowest BCUT2D eigenvalue weighted by Crippen LogP contribution is -2.42. The van der Waals surface area contributed by atoms with E-state index in [9.17, 15) is 4.79 Å². The molecule has 0 saturated carbocycles. The van der Waals surface area contributed by atoms with Crippen molar-refractivity contribution in [1.82, 2.24) is 15.1 Å². The Morgan fingerprint density at radius 2 is 2.20 bits per heavy atom. The van der Waals surface area contributed by atoms with E-state index < -0.39 is 0 Å². The zero-order valence-corrected chi connectivity index (χ0v) is 10.1. The minimum Gasteiger partial charge on any atom is -0.347 e. The van der Waals surface area contributed by atoms with Crippen molar-refractivity contribution in [2.24, 2.45) is 7.05 Å². The fourth-order valence-corrected chi connectivity index (χ4v) is 1.18. The molecule has 0 aliphatic carbocycles. The number of nitrogens with one attached hydrogen (secondary N) is 1. The molecule has 15 heavy (non-hydrogen) atoms. The highest BCUT2D eigenvalue weighted by molar-refractivity contribution is 5.95. The average Bonchev–Trinajstić information content (AvgIpc) is 2.47. The maximum Gasteiger partial charge on any atom is 0.255 e. The van der Waals surface area contributed by atoms with E-state index in [0.29, 0.717) is 5.56 Å². The van der Waals surface area contributed by atoms with Crippen molar-refractivity contribution in [3.05, 3.63) is 17.5 Å². The molecule has 1 amide bonds. The van der Waals surface area contributed by atoms with Crippen molar-refractivity contribution in [3.63, 3.8) is 0 Å². The second-order valence-corrected chi connectivity index (χ2v) is 4.46. The Bertz CT molecular complexity index is 366. The standard InChI is InChI=1S/C11H19N3O/c1-6-11(3,4)13-10(15)9-7-12-14(5)8(9)2/h7H,6H2,1-5H3,(H,13,15). The summed E-state index contributed by atoms with van der Waals surface area (Å²) < 4.78 is 1.70. The maximum atomic E-state index is 11.9. The fraction of sp³-hybridized carbons (Fsp3) is 0.636. The van der Waals surface area contributed by atoms with Gasteiger partial charge < -0.3 is 5.32 Å². The van der Waals surface area contributed by atoms with E-state index in [-0.39, 0.29) is 11.4 Å². The van der Waals surface area contributed by atoms with Gasteiger partial charge in [0.2, 0.25) is 0 Å². The number of hydrogen-bond donors (Lipinski definition) is 1. The van der Waals surface area contributed by atoms with Crippen molar-refractivity contribution in [2.45, 2.75) is 39.7 Å². The monoisotopic (exact) mass is 209 g/mol. The lowest BCUT2D eigenvalue weighted by atomic mass is 10.0. The molecule has 1 N–H and O–H groups in total. The van der Waals surface area contributed by atoms with Gasteiger partial charge in [-0.05, 0) is 27.2 Å². The van der Waals surface area contributed by atoms with Crippen molar-refractivity contribution in [2.75, 3.05) is 0 Å². The first-order valence-corrected chi connectivity index (χ1v) is 5.18. The van der Waals surface area contributed by atoms with Gasteiger partial charge in [0.05, 0.1) is 11.8 Å². The molecule has 0 saturated heterocycles. The number of carbonyl (C=O) groups is 1. The highest BCUT2D eigenvalue weighted by Gasteiger charge is 2.21. The summed E-state index contributed by atoms with van der Waals surface area (Å²) in [5.41, 5.74) is 1.37. The SMILES string of the molecule is CCC(C)(C)NC(=O)c1cnn(C)c1C. The van der Waals surface area contributed by atoms with Gasteiger partial charge in [0.15, 0.2) is 0 Å². The number of carbonyl (C=O) groups excluding carboxylic acids is 1. The molecule has 0 atom stereocenters. The third-order valence-corrected chi connectivity index (χ3v) is 2.82. The van der Waals surface area contributed by atoms with Crippen LogP contribution in [-0.4, -0.2) is 21.2 Å². The summed E-state index contributed by atoms with van der Waals surface area (Å²) in [7, 11) is 1.83. The Labute approximate surface area is 90.7 Å². The number of hydrogen-bond acceptors (Lipinski definition) is 2. The second kappa shape index (κ2) is 4.04. The molecule has 1 rings (SSSR count). The lowest BCUT2D eigenvalue weighted by molar-refractivity contribution is 0.0910. The molecular weight excluding hydrogens is 190 g/mol. The molecular formula is C11H19N3O. The number of aryl methyl sites for hydroxylation is 1. The molecule has 1 aromatic heterocycles. The topological polar surface area (TPSA) is 46.9 Å². The number of amides is 1. The minimum atomic E-state index is -0.167. The summed E-state index contributed by atoms with van der Waals surface area (Å²) in [6.07, 6.45) is 2.51. The predicted octanol–water partition coefficient (Wildman–Crippen LogP) is 1.65. The Morgan fingerprint density at radius 1 is 1.60 bits per heavy atom. The van der Waals surface area contributed by atoms with Crippen LogP contribution >= 0.6 is 0 Å². The zero-order valence-electron chi connectivity index (χ0n) is 10.1. The average molecular weight is 209 g/mol. The fourth-order valence-electron chi connectivity index (χ4n) is 1.18. The molecule has 0 bridgehead atoms. The van der Waals surface area contributed by atoms with Crippen LogP contribution in [0.1, 0.15) is 43.2 Å². The van der Waals surface area contributed by atoms with Crippen LogP contribution in [0.25, 0.3) is 0 Å². The lowest BCUT2D eigenvalue weighted by Gasteiger charge is -2.24. The molecule has 0 spiro atoms. The van der Waals surface area contributed by atoms with Crippen molar-refractivity contribution >= 4 is 5.91 Å². The quantitative estimate of drug-likeness (QED) is 0.822. The molecule has 84 valence electrons. The van der Waals surface area contributed by atoms with Crippen LogP contribution in [0.15, 0.2) is 6.20 Å². The molecule has 0 unspecified atom stereocenters. The van der Waals surface area contributed by atoms with E-state index in [0.717, 1.165) is 12.1 Å². The van der Waals surface area contributed by atoms with Crippen molar-refractivity contribution in [1.29, 1.82) is 0 Å². The molecule has 1 aromatic rings. The molecule has 0 aromatic carbocycles. The molecule has 0 aliphatic rings. The van der Waals surface area contributed by atoms with Gasteiger partial charge in [0.1, 0.15) is 0 Å². The molecule has 4 nitrogen and oxygen atoms in total. The summed E-state index contributed by atoms with van der Waals surface area (Å²) in [6.45, 7) is 7.96. The number of rotatable bonds is 3. The third kappa shape index (κ3) is 2.58. The summed E-state index contributed by atoms with van der Waals surface area (Å²) in [5, 5.41) is 7.03. The molecule has 0 fully saturated rings. The smallest absolute Gasteiger partial charge is 0.255 e. The second-order valence-electron chi connectivity index (χ2n) is 4.46.